The van der Waals surface area contributed by atoms with Gasteiger partial charge in [-0.25, -0.2) is 18.7 Å². The van der Waals surface area contributed by atoms with E-state index < -0.39 is 30.2 Å². The van der Waals surface area contributed by atoms with Crippen molar-refractivity contribution in [2.45, 2.75) is 18.8 Å². The molecule has 0 aromatic carbocycles. The molecule has 0 N–H and O–H groups in total. The molecule has 2 fully saturated rings. The number of hydrogen-bond donors (Lipinski definition) is 0. The molecule has 0 aliphatic carbocycles. The van der Waals surface area contributed by atoms with Crippen LogP contribution < -0.4 is 0 Å². The van der Waals surface area contributed by atoms with Crippen molar-refractivity contribution in [1.29, 1.82) is 0 Å². The normalized spacial score (nSPS) is 27.5. The van der Waals surface area contributed by atoms with Crippen molar-refractivity contribution < 1.29 is 18.4 Å². The third-order valence-electron chi connectivity index (χ3n) is 4.33. The highest BCUT2D eigenvalue weighted by atomic mass is 19.3. The summed E-state index contributed by atoms with van der Waals surface area (Å²) in [7, 11) is 1.60. The summed E-state index contributed by atoms with van der Waals surface area (Å²) in [4.78, 5) is 34.7. The zero-order valence-corrected chi connectivity index (χ0v) is 12.1. The number of hydrogen-bond acceptors (Lipinski definition) is 4. The number of piperidine rings is 1. The van der Waals surface area contributed by atoms with Gasteiger partial charge in [0.1, 0.15) is 12.0 Å². The number of rotatable bonds is 1. The molecule has 0 saturated carbocycles. The van der Waals surface area contributed by atoms with E-state index >= 15 is 0 Å². The van der Waals surface area contributed by atoms with Gasteiger partial charge < -0.3 is 9.80 Å². The molecule has 0 bridgehead atoms. The Morgan fingerprint density at radius 1 is 1.36 bits per heavy atom. The minimum atomic E-state index is -3.08. The zero-order chi connectivity index (χ0) is 16.0. The summed E-state index contributed by atoms with van der Waals surface area (Å²) in [6.07, 6.45) is 2.41. The Hall–Kier alpha value is -2.12. The van der Waals surface area contributed by atoms with Crippen LogP contribution in [0.2, 0.25) is 0 Å². The summed E-state index contributed by atoms with van der Waals surface area (Å²) in [5, 5.41) is 0. The summed E-state index contributed by atoms with van der Waals surface area (Å²) in [6.45, 7) is -0.242. The predicted molar refractivity (Wildman–Crippen MR) is 72.2 cm³/mol. The molecule has 2 aliphatic rings. The van der Waals surface area contributed by atoms with E-state index in [1.54, 1.807) is 7.05 Å². The maximum absolute atomic E-state index is 14.1. The minimum absolute atomic E-state index is 0.00853. The van der Waals surface area contributed by atoms with Crippen LogP contribution in [0.3, 0.4) is 0 Å². The summed E-state index contributed by atoms with van der Waals surface area (Å²) in [5.74, 6) is -3.99. The first-order valence-electron chi connectivity index (χ1n) is 7.02. The molecule has 0 unspecified atom stereocenters. The highest BCUT2D eigenvalue weighted by Crippen LogP contribution is 2.45. The topological polar surface area (TPSA) is 66.4 Å². The van der Waals surface area contributed by atoms with Crippen LogP contribution in [0.5, 0.6) is 0 Å². The molecule has 1 atom stereocenters. The van der Waals surface area contributed by atoms with Crippen LogP contribution in [0, 0.1) is 5.41 Å². The molecule has 1 aromatic rings. The van der Waals surface area contributed by atoms with Gasteiger partial charge in [0.25, 0.3) is 11.8 Å². The highest BCUT2D eigenvalue weighted by molar-refractivity contribution is 5.93. The maximum Gasteiger partial charge on any atom is 0.272 e. The van der Waals surface area contributed by atoms with Crippen molar-refractivity contribution in [3.63, 3.8) is 0 Å². The number of likely N-dealkylation sites (tertiary alicyclic amines) is 2. The Morgan fingerprint density at radius 3 is 2.73 bits per heavy atom. The molecular weight excluding hydrogens is 294 g/mol. The lowest BCUT2D eigenvalue weighted by atomic mass is 9.77. The van der Waals surface area contributed by atoms with E-state index in [1.165, 1.54) is 23.5 Å². The number of alkyl halides is 2. The molecular formula is C14H16F2N4O2. The lowest BCUT2D eigenvalue weighted by Crippen LogP contribution is -2.57. The molecule has 6 nitrogen and oxygen atoms in total. The molecule has 1 spiro atoms. The minimum Gasteiger partial charge on any atom is -0.345 e. The van der Waals surface area contributed by atoms with Gasteiger partial charge in [-0.2, -0.15) is 0 Å². The van der Waals surface area contributed by atoms with Crippen LogP contribution in [0.25, 0.3) is 0 Å². The van der Waals surface area contributed by atoms with Gasteiger partial charge in [0.05, 0.1) is 12.0 Å². The van der Waals surface area contributed by atoms with E-state index in [0.29, 0.717) is 13.0 Å². The Bertz CT molecular complexity index is 610. The van der Waals surface area contributed by atoms with Crippen LogP contribution in [-0.2, 0) is 4.79 Å². The van der Waals surface area contributed by atoms with Crippen LogP contribution in [0.15, 0.2) is 18.6 Å². The van der Waals surface area contributed by atoms with Crippen LogP contribution >= 0.6 is 0 Å². The lowest BCUT2D eigenvalue weighted by Gasteiger charge is -2.42. The van der Waals surface area contributed by atoms with Gasteiger partial charge in [-0.05, 0) is 12.5 Å². The van der Waals surface area contributed by atoms with E-state index in [1.807, 2.05) is 0 Å². The van der Waals surface area contributed by atoms with Gasteiger partial charge in [-0.1, -0.05) is 0 Å². The van der Waals surface area contributed by atoms with Crippen molar-refractivity contribution in [2.24, 2.45) is 5.41 Å². The zero-order valence-electron chi connectivity index (χ0n) is 12.1. The Morgan fingerprint density at radius 2 is 2.14 bits per heavy atom. The Kier molecular flexibility index (Phi) is 3.34. The fourth-order valence-electron chi connectivity index (χ4n) is 3.34. The molecule has 2 saturated heterocycles. The number of carbonyl (C=O) groups is 2. The summed E-state index contributed by atoms with van der Waals surface area (Å²) in [5.41, 5.74) is -1.12. The van der Waals surface area contributed by atoms with Crippen molar-refractivity contribution in [3.8, 4) is 0 Å². The summed E-state index contributed by atoms with van der Waals surface area (Å²) >= 11 is 0. The second-order valence-electron chi connectivity index (χ2n) is 6.05. The van der Waals surface area contributed by atoms with E-state index in [0.717, 1.165) is 4.90 Å². The molecule has 0 radical (unpaired) electrons. The fraction of sp³-hybridized carbons (Fsp3) is 0.571. The summed E-state index contributed by atoms with van der Waals surface area (Å²) < 4.78 is 28.3. The van der Waals surface area contributed by atoms with Gasteiger partial charge in [0.2, 0.25) is 5.91 Å². The second-order valence-corrected chi connectivity index (χ2v) is 6.05. The van der Waals surface area contributed by atoms with E-state index in [9.17, 15) is 18.4 Å². The van der Waals surface area contributed by atoms with Crippen molar-refractivity contribution in [2.75, 3.05) is 26.7 Å². The predicted octanol–water partition coefficient (Wildman–Crippen LogP) is 0.806. The van der Waals surface area contributed by atoms with E-state index in [-0.39, 0.29) is 18.1 Å². The van der Waals surface area contributed by atoms with Crippen molar-refractivity contribution in [3.05, 3.63) is 24.3 Å². The number of amides is 2. The Balaban J connectivity index is 1.90. The van der Waals surface area contributed by atoms with Crippen LogP contribution in [0.4, 0.5) is 8.78 Å². The molecule has 2 amide bonds. The van der Waals surface area contributed by atoms with Crippen LogP contribution in [0.1, 0.15) is 23.3 Å². The second kappa shape index (κ2) is 4.96. The first kappa shape index (κ1) is 14.8. The van der Waals surface area contributed by atoms with Crippen molar-refractivity contribution in [1.82, 2.24) is 19.8 Å². The molecule has 118 valence electrons. The third-order valence-corrected chi connectivity index (χ3v) is 4.33. The SMILES string of the molecule is CN1CC[C@]2(CN(C(=O)c3ccncn3)CC(F)(F)C2)C1=O. The van der Waals surface area contributed by atoms with E-state index in [2.05, 4.69) is 9.97 Å². The molecule has 2 aliphatic heterocycles. The van der Waals surface area contributed by atoms with Crippen molar-refractivity contribution >= 4 is 11.8 Å². The standard InChI is InChI=1S/C14H16F2N4O2/c1-19-5-3-13(12(19)22)6-14(15,16)8-20(7-13)11(21)10-2-4-17-9-18-10/h2,4,9H,3,5-8H2,1H3/t13-/m0/s1. The smallest absolute Gasteiger partial charge is 0.272 e. The largest absolute Gasteiger partial charge is 0.345 e. The molecule has 3 rings (SSSR count). The third kappa shape index (κ3) is 2.42. The average Bonchev–Trinajstić information content (AvgIpc) is 2.74. The fourth-order valence-corrected chi connectivity index (χ4v) is 3.34. The van der Waals surface area contributed by atoms with Gasteiger partial charge in [-0.15, -0.1) is 0 Å². The quantitative estimate of drug-likeness (QED) is 0.770. The van der Waals surface area contributed by atoms with Gasteiger partial charge in [0.15, 0.2) is 0 Å². The number of aromatic nitrogens is 2. The number of carbonyl (C=O) groups excluding carboxylic acids is 2. The molecule has 1 aromatic heterocycles. The average molecular weight is 310 g/mol. The first-order valence-corrected chi connectivity index (χ1v) is 7.02. The first-order chi connectivity index (χ1) is 10.3. The highest BCUT2D eigenvalue weighted by Gasteiger charge is 2.57. The van der Waals surface area contributed by atoms with Crippen LogP contribution in [-0.4, -0.2) is 64.2 Å². The van der Waals surface area contributed by atoms with Gasteiger partial charge in [0, 0.05) is 32.8 Å². The summed E-state index contributed by atoms with van der Waals surface area (Å²) in [6, 6.07) is 1.38. The number of nitrogens with zero attached hydrogens (tertiary/aromatic N) is 4. The maximum atomic E-state index is 14.1. The lowest BCUT2D eigenvalue weighted by molar-refractivity contribution is -0.150. The number of halogens is 2. The molecule has 8 heteroatoms. The van der Waals surface area contributed by atoms with E-state index in [4.69, 9.17) is 0 Å². The Labute approximate surface area is 126 Å². The monoisotopic (exact) mass is 310 g/mol. The van der Waals surface area contributed by atoms with Gasteiger partial charge in [-0.3, -0.25) is 9.59 Å². The van der Waals surface area contributed by atoms with Gasteiger partial charge >= 0.3 is 0 Å². The molecule has 3 heterocycles. The molecule has 22 heavy (non-hydrogen) atoms.